The third-order valence-electron chi connectivity index (χ3n) is 4.03. The number of aryl methyl sites for hydroxylation is 1. The van der Waals surface area contributed by atoms with Crippen LogP contribution < -0.4 is 9.62 Å². The normalized spacial score (nSPS) is 12.5. The highest BCUT2D eigenvalue weighted by Crippen LogP contribution is 2.20. The molecule has 0 spiro atoms. The number of sulfonamides is 1. The maximum Gasteiger partial charge on any atom is 0.241 e. The molecule has 7 heteroatoms. The molecule has 0 fully saturated rings. The molecule has 1 N–H and O–H groups in total. The Morgan fingerprint density at radius 2 is 1.69 bits per heavy atom. The van der Waals surface area contributed by atoms with E-state index in [2.05, 4.69) is 5.32 Å². The van der Waals surface area contributed by atoms with Crippen LogP contribution in [-0.2, 0) is 14.8 Å². The van der Waals surface area contributed by atoms with Crippen molar-refractivity contribution in [2.75, 3.05) is 17.1 Å². The lowest BCUT2D eigenvalue weighted by Crippen LogP contribution is -2.41. The van der Waals surface area contributed by atoms with E-state index < -0.39 is 21.7 Å². The average Bonchev–Trinajstić information content (AvgIpc) is 2.58. The van der Waals surface area contributed by atoms with E-state index in [0.29, 0.717) is 6.42 Å². The summed E-state index contributed by atoms with van der Waals surface area (Å²) in [5.74, 6) is -0.899. The van der Waals surface area contributed by atoms with Crippen molar-refractivity contribution in [2.24, 2.45) is 0 Å². The van der Waals surface area contributed by atoms with Crippen molar-refractivity contribution < 1.29 is 17.6 Å². The third kappa shape index (κ3) is 5.29. The van der Waals surface area contributed by atoms with Crippen LogP contribution in [0.4, 0.5) is 10.1 Å². The number of nitrogens with one attached hydrogen (secondary N) is 1. The van der Waals surface area contributed by atoms with Gasteiger partial charge >= 0.3 is 0 Å². The van der Waals surface area contributed by atoms with Crippen molar-refractivity contribution in [1.29, 1.82) is 0 Å². The molecule has 5 nitrogen and oxygen atoms in total. The van der Waals surface area contributed by atoms with Crippen LogP contribution in [0.15, 0.2) is 48.5 Å². The lowest BCUT2D eigenvalue weighted by molar-refractivity contribution is -0.120. The number of halogens is 1. The number of rotatable bonds is 7. The van der Waals surface area contributed by atoms with Crippen molar-refractivity contribution in [3.8, 4) is 0 Å². The molecular weight excluding hydrogens is 355 g/mol. The van der Waals surface area contributed by atoms with E-state index >= 15 is 0 Å². The second-order valence-electron chi connectivity index (χ2n) is 6.19. The average molecular weight is 378 g/mol. The smallest absolute Gasteiger partial charge is 0.241 e. The quantitative estimate of drug-likeness (QED) is 0.805. The molecule has 0 aliphatic carbocycles. The lowest BCUT2D eigenvalue weighted by Gasteiger charge is -2.24. The summed E-state index contributed by atoms with van der Waals surface area (Å²) in [5.41, 5.74) is 2.32. The molecule has 2 aromatic carbocycles. The highest BCUT2D eigenvalue weighted by atomic mass is 32.2. The second kappa shape index (κ2) is 8.31. The molecule has 140 valence electrons. The minimum Gasteiger partial charge on any atom is -0.348 e. The van der Waals surface area contributed by atoms with Crippen LogP contribution in [0, 0.1) is 12.7 Å². The van der Waals surface area contributed by atoms with E-state index in [1.807, 2.05) is 38.1 Å². The molecule has 0 aromatic heterocycles. The highest BCUT2D eigenvalue weighted by Gasteiger charge is 2.22. The van der Waals surface area contributed by atoms with Gasteiger partial charge in [0.1, 0.15) is 12.4 Å². The first-order chi connectivity index (χ1) is 12.2. The fraction of sp³-hybridized carbons (Fsp3) is 0.316. The van der Waals surface area contributed by atoms with Gasteiger partial charge in [0, 0.05) is 0 Å². The Morgan fingerprint density at radius 3 is 2.19 bits per heavy atom. The maximum absolute atomic E-state index is 13.1. The zero-order valence-electron chi connectivity index (χ0n) is 15.1. The van der Waals surface area contributed by atoms with E-state index in [4.69, 9.17) is 0 Å². The fourth-order valence-electron chi connectivity index (χ4n) is 2.60. The number of anilines is 1. The Bertz CT molecular complexity index is 849. The van der Waals surface area contributed by atoms with E-state index in [1.165, 1.54) is 12.1 Å². The van der Waals surface area contributed by atoms with Crippen molar-refractivity contribution in [3.63, 3.8) is 0 Å². The topological polar surface area (TPSA) is 66.5 Å². The summed E-state index contributed by atoms with van der Waals surface area (Å²) >= 11 is 0. The summed E-state index contributed by atoms with van der Waals surface area (Å²) in [6, 6.07) is 12.6. The molecule has 0 unspecified atom stereocenters. The summed E-state index contributed by atoms with van der Waals surface area (Å²) in [6.07, 6.45) is 1.69. The fourth-order valence-corrected chi connectivity index (χ4v) is 3.45. The third-order valence-corrected chi connectivity index (χ3v) is 5.17. The maximum atomic E-state index is 13.1. The molecule has 0 bridgehead atoms. The second-order valence-corrected chi connectivity index (χ2v) is 8.09. The molecule has 2 aromatic rings. The predicted octanol–water partition coefficient (Wildman–Crippen LogP) is 3.17. The van der Waals surface area contributed by atoms with Crippen LogP contribution in [0.3, 0.4) is 0 Å². The first-order valence-electron chi connectivity index (χ1n) is 8.30. The first kappa shape index (κ1) is 19.9. The number of carbonyl (C=O) groups excluding carboxylic acids is 1. The van der Waals surface area contributed by atoms with Crippen molar-refractivity contribution in [2.45, 2.75) is 26.3 Å². The summed E-state index contributed by atoms with van der Waals surface area (Å²) in [7, 11) is -3.69. The number of amides is 1. The number of hydrogen-bond acceptors (Lipinski definition) is 3. The summed E-state index contributed by atoms with van der Waals surface area (Å²) < 4.78 is 38.2. The largest absolute Gasteiger partial charge is 0.348 e. The molecule has 1 amide bonds. The molecule has 0 radical (unpaired) electrons. The summed E-state index contributed by atoms with van der Waals surface area (Å²) in [6.45, 7) is 3.56. The first-order valence-corrected chi connectivity index (χ1v) is 10.1. The predicted molar refractivity (Wildman–Crippen MR) is 101 cm³/mol. The van der Waals surface area contributed by atoms with E-state index in [1.54, 1.807) is 0 Å². The molecule has 0 aliphatic heterocycles. The lowest BCUT2D eigenvalue weighted by atomic mass is 10.0. The molecule has 0 aliphatic rings. The van der Waals surface area contributed by atoms with Crippen LogP contribution >= 0.6 is 0 Å². The Morgan fingerprint density at radius 1 is 1.12 bits per heavy atom. The van der Waals surface area contributed by atoms with Gasteiger partial charge in [0.05, 0.1) is 18.0 Å². The number of carbonyl (C=O) groups is 1. The van der Waals surface area contributed by atoms with E-state index in [0.717, 1.165) is 33.8 Å². The number of nitrogens with zero attached hydrogens (tertiary/aromatic N) is 1. The Hall–Kier alpha value is -2.41. The molecular formula is C19H23FN2O3S. The van der Waals surface area contributed by atoms with Gasteiger partial charge in [0.15, 0.2) is 0 Å². The summed E-state index contributed by atoms with van der Waals surface area (Å²) in [4.78, 5) is 12.5. The summed E-state index contributed by atoms with van der Waals surface area (Å²) in [5, 5.41) is 2.87. The molecule has 2 rings (SSSR count). The molecule has 0 heterocycles. The number of benzene rings is 2. The molecule has 1 atom stereocenters. The zero-order chi connectivity index (χ0) is 19.3. The molecule has 0 saturated carbocycles. The van der Waals surface area contributed by atoms with Gasteiger partial charge in [-0.15, -0.1) is 0 Å². The van der Waals surface area contributed by atoms with Gasteiger partial charge in [-0.1, -0.05) is 36.8 Å². The Kier molecular flexibility index (Phi) is 6.37. The Balaban J connectivity index is 2.16. The highest BCUT2D eigenvalue weighted by molar-refractivity contribution is 7.92. The van der Waals surface area contributed by atoms with Crippen LogP contribution in [0.25, 0.3) is 0 Å². The van der Waals surface area contributed by atoms with Crippen molar-refractivity contribution in [1.82, 2.24) is 5.32 Å². The standard InChI is InChI=1S/C19H23FN2O3S/c1-4-18(15-7-5-14(2)6-8-15)21-19(23)13-22(26(3,24)25)17-11-9-16(20)10-12-17/h5-12,18H,4,13H2,1-3H3,(H,21,23)/t18-/m0/s1. The van der Waals surface area contributed by atoms with Gasteiger partial charge in [-0.05, 0) is 43.2 Å². The van der Waals surface area contributed by atoms with E-state index in [-0.39, 0.29) is 18.3 Å². The van der Waals surface area contributed by atoms with Gasteiger partial charge in [0.25, 0.3) is 0 Å². The van der Waals surface area contributed by atoms with E-state index in [9.17, 15) is 17.6 Å². The van der Waals surface area contributed by atoms with Crippen molar-refractivity contribution in [3.05, 3.63) is 65.5 Å². The molecule has 26 heavy (non-hydrogen) atoms. The van der Waals surface area contributed by atoms with Crippen molar-refractivity contribution >= 4 is 21.6 Å². The minimum absolute atomic E-state index is 0.210. The van der Waals surface area contributed by atoms with Gasteiger partial charge in [-0.3, -0.25) is 9.10 Å². The monoisotopic (exact) mass is 378 g/mol. The molecule has 0 saturated heterocycles. The number of hydrogen-bond donors (Lipinski definition) is 1. The Labute approximate surface area is 153 Å². The van der Waals surface area contributed by atoms with Gasteiger partial charge in [0.2, 0.25) is 15.9 Å². The minimum atomic E-state index is -3.69. The van der Waals surface area contributed by atoms with Crippen LogP contribution in [0.5, 0.6) is 0 Å². The van der Waals surface area contributed by atoms with Gasteiger partial charge in [-0.25, -0.2) is 12.8 Å². The van der Waals surface area contributed by atoms with Crippen LogP contribution in [0.1, 0.15) is 30.5 Å². The zero-order valence-corrected chi connectivity index (χ0v) is 15.9. The van der Waals surface area contributed by atoms with Crippen LogP contribution in [0.2, 0.25) is 0 Å². The SMILES string of the molecule is CC[C@H](NC(=O)CN(c1ccc(F)cc1)S(C)(=O)=O)c1ccc(C)cc1. The van der Waals surface area contributed by atoms with Gasteiger partial charge in [-0.2, -0.15) is 0 Å². The van der Waals surface area contributed by atoms with Gasteiger partial charge < -0.3 is 5.32 Å². The van der Waals surface area contributed by atoms with Crippen LogP contribution in [-0.4, -0.2) is 27.1 Å².